The van der Waals surface area contributed by atoms with Crippen LogP contribution in [0, 0.1) is 10.1 Å². The van der Waals surface area contributed by atoms with Gasteiger partial charge in [0, 0.05) is 23.5 Å². The van der Waals surface area contributed by atoms with E-state index >= 15 is 0 Å². The minimum absolute atomic E-state index is 0.113. The van der Waals surface area contributed by atoms with E-state index in [1.165, 1.54) is 17.4 Å². The number of unbranched alkanes of at least 4 members (excludes halogenated alkanes) is 1. The number of nitrogens with zero attached hydrogens (tertiary/aromatic N) is 2. The highest BCUT2D eigenvalue weighted by atomic mass is 32.1. The van der Waals surface area contributed by atoms with E-state index in [0.29, 0.717) is 9.88 Å². The summed E-state index contributed by atoms with van der Waals surface area (Å²) in [4.78, 5) is 13.7. The zero-order valence-corrected chi connectivity index (χ0v) is 13.4. The Hall–Kier alpha value is -1.14. The quantitative estimate of drug-likeness (QED) is 0.579. The number of anilines is 1. The molecule has 0 radical (unpaired) electrons. The van der Waals surface area contributed by atoms with Crippen LogP contribution in [0.3, 0.4) is 0 Å². The van der Waals surface area contributed by atoms with Crippen molar-refractivity contribution in [3.05, 3.63) is 21.1 Å². The molecule has 1 unspecified atom stereocenters. The van der Waals surface area contributed by atoms with E-state index in [9.17, 15) is 15.2 Å². The van der Waals surface area contributed by atoms with Crippen molar-refractivity contribution in [1.82, 2.24) is 0 Å². The van der Waals surface area contributed by atoms with Crippen LogP contribution in [0.1, 0.15) is 57.9 Å². The number of aliphatic hydroxyl groups is 1. The molecule has 0 spiro atoms. The first-order valence-electron chi connectivity index (χ1n) is 7.15. The topological polar surface area (TPSA) is 66.6 Å². The van der Waals surface area contributed by atoms with E-state index in [-0.39, 0.29) is 16.7 Å². The Labute approximate surface area is 124 Å². The van der Waals surface area contributed by atoms with Crippen LogP contribution in [0.15, 0.2) is 6.07 Å². The molecule has 0 aliphatic rings. The first-order chi connectivity index (χ1) is 9.42. The molecule has 20 heavy (non-hydrogen) atoms. The SMILES string of the molecule is CCCCN(c1sc([C@H](C)O)cc1[N+](=O)[O-])C(C)CC. The van der Waals surface area contributed by atoms with Crippen molar-refractivity contribution in [3.8, 4) is 0 Å². The van der Waals surface area contributed by atoms with Gasteiger partial charge in [-0.05, 0) is 26.7 Å². The molecule has 0 saturated carbocycles. The fourth-order valence-electron chi connectivity index (χ4n) is 2.00. The van der Waals surface area contributed by atoms with Crippen LogP contribution in [-0.4, -0.2) is 22.6 Å². The van der Waals surface area contributed by atoms with E-state index in [1.807, 2.05) is 0 Å². The smallest absolute Gasteiger partial charge is 0.304 e. The lowest BCUT2D eigenvalue weighted by Gasteiger charge is -2.28. The van der Waals surface area contributed by atoms with Crippen molar-refractivity contribution in [2.75, 3.05) is 11.4 Å². The number of hydrogen-bond acceptors (Lipinski definition) is 5. The van der Waals surface area contributed by atoms with Crippen LogP contribution >= 0.6 is 11.3 Å². The molecule has 0 aliphatic heterocycles. The lowest BCUT2D eigenvalue weighted by Crippen LogP contribution is -2.33. The Morgan fingerprint density at radius 1 is 1.45 bits per heavy atom. The second kappa shape index (κ2) is 7.59. The van der Waals surface area contributed by atoms with E-state index in [2.05, 4.69) is 25.7 Å². The number of aliphatic hydroxyl groups excluding tert-OH is 1. The van der Waals surface area contributed by atoms with Crippen molar-refractivity contribution in [1.29, 1.82) is 0 Å². The van der Waals surface area contributed by atoms with Gasteiger partial charge < -0.3 is 10.0 Å². The zero-order valence-electron chi connectivity index (χ0n) is 12.6. The predicted molar refractivity (Wildman–Crippen MR) is 83.6 cm³/mol. The lowest BCUT2D eigenvalue weighted by atomic mass is 10.2. The van der Waals surface area contributed by atoms with Gasteiger partial charge in [0.25, 0.3) is 0 Å². The van der Waals surface area contributed by atoms with Gasteiger partial charge in [0.2, 0.25) is 0 Å². The fraction of sp³-hybridized carbons (Fsp3) is 0.714. The molecule has 1 aromatic heterocycles. The molecule has 1 aromatic rings. The first-order valence-corrected chi connectivity index (χ1v) is 7.96. The molecule has 0 aliphatic carbocycles. The van der Waals surface area contributed by atoms with Gasteiger partial charge >= 0.3 is 5.69 Å². The van der Waals surface area contributed by atoms with Crippen LogP contribution in [-0.2, 0) is 0 Å². The number of rotatable bonds is 8. The molecule has 0 aromatic carbocycles. The van der Waals surface area contributed by atoms with Gasteiger partial charge in [-0.1, -0.05) is 20.3 Å². The van der Waals surface area contributed by atoms with Gasteiger partial charge in [0.1, 0.15) is 0 Å². The van der Waals surface area contributed by atoms with E-state index in [4.69, 9.17) is 0 Å². The Bertz CT molecular complexity index is 446. The lowest BCUT2D eigenvalue weighted by molar-refractivity contribution is -0.383. The third-order valence-electron chi connectivity index (χ3n) is 3.46. The van der Waals surface area contributed by atoms with Gasteiger partial charge in [-0.2, -0.15) is 0 Å². The molecular weight excluding hydrogens is 276 g/mol. The van der Waals surface area contributed by atoms with Crippen molar-refractivity contribution in [3.63, 3.8) is 0 Å². The number of nitro groups is 1. The van der Waals surface area contributed by atoms with Gasteiger partial charge in [-0.15, -0.1) is 11.3 Å². The summed E-state index contributed by atoms with van der Waals surface area (Å²) >= 11 is 1.33. The number of hydrogen-bond donors (Lipinski definition) is 1. The molecule has 1 rings (SSSR count). The average molecular weight is 300 g/mol. The Kier molecular flexibility index (Phi) is 6.42. The summed E-state index contributed by atoms with van der Waals surface area (Å²) in [5, 5.41) is 21.6. The monoisotopic (exact) mass is 300 g/mol. The molecular formula is C14H24N2O3S. The van der Waals surface area contributed by atoms with E-state index in [0.717, 1.165) is 25.8 Å². The summed E-state index contributed by atoms with van der Waals surface area (Å²) in [6.07, 6.45) is 2.32. The van der Waals surface area contributed by atoms with Gasteiger partial charge in [0.15, 0.2) is 5.00 Å². The van der Waals surface area contributed by atoms with E-state index in [1.54, 1.807) is 6.92 Å². The van der Waals surface area contributed by atoms with Crippen molar-refractivity contribution >= 4 is 22.0 Å². The average Bonchev–Trinajstić information content (AvgIpc) is 2.84. The molecule has 0 saturated heterocycles. The maximum Gasteiger partial charge on any atom is 0.304 e. The van der Waals surface area contributed by atoms with Gasteiger partial charge in [0.05, 0.1) is 11.0 Å². The maximum absolute atomic E-state index is 11.3. The predicted octanol–water partition coefficient (Wildman–Crippen LogP) is 4.11. The number of thiophene rings is 1. The highest BCUT2D eigenvalue weighted by Crippen LogP contribution is 2.41. The molecule has 0 fully saturated rings. The molecule has 1 N–H and O–H groups in total. The van der Waals surface area contributed by atoms with Gasteiger partial charge in [-0.3, -0.25) is 10.1 Å². The minimum atomic E-state index is -0.669. The highest BCUT2D eigenvalue weighted by Gasteiger charge is 2.27. The molecule has 6 heteroatoms. The van der Waals surface area contributed by atoms with Crippen molar-refractivity contribution in [2.45, 2.75) is 59.1 Å². The van der Waals surface area contributed by atoms with Crippen LogP contribution in [0.2, 0.25) is 0 Å². The van der Waals surface area contributed by atoms with Crippen LogP contribution in [0.4, 0.5) is 10.7 Å². The van der Waals surface area contributed by atoms with Crippen molar-refractivity contribution < 1.29 is 10.0 Å². The summed E-state index contributed by atoms with van der Waals surface area (Å²) < 4.78 is 0. The standard InChI is InChI=1S/C14H24N2O3S/c1-5-7-8-15(10(3)6-2)14-12(16(18)19)9-13(20-14)11(4)17/h9-11,17H,5-8H2,1-4H3/t10?,11-/m0/s1. The van der Waals surface area contributed by atoms with Crippen molar-refractivity contribution in [2.24, 2.45) is 0 Å². The Morgan fingerprint density at radius 3 is 2.55 bits per heavy atom. The normalized spacial score (nSPS) is 14.1. The summed E-state index contributed by atoms with van der Waals surface area (Å²) in [6, 6.07) is 1.76. The third-order valence-corrected chi connectivity index (χ3v) is 4.79. The highest BCUT2D eigenvalue weighted by molar-refractivity contribution is 7.16. The second-order valence-corrected chi connectivity index (χ2v) is 6.14. The minimum Gasteiger partial charge on any atom is -0.388 e. The van der Waals surface area contributed by atoms with E-state index < -0.39 is 6.10 Å². The second-order valence-electron chi connectivity index (χ2n) is 5.08. The maximum atomic E-state index is 11.3. The van der Waals surface area contributed by atoms with Crippen LogP contribution in [0.25, 0.3) is 0 Å². The molecule has 0 bridgehead atoms. The molecule has 5 nitrogen and oxygen atoms in total. The summed E-state index contributed by atoms with van der Waals surface area (Å²) in [6.45, 7) is 8.73. The summed E-state index contributed by atoms with van der Waals surface area (Å²) in [5.74, 6) is 0. The Morgan fingerprint density at radius 2 is 2.10 bits per heavy atom. The molecule has 1 heterocycles. The van der Waals surface area contributed by atoms with Gasteiger partial charge in [-0.25, -0.2) is 0 Å². The largest absolute Gasteiger partial charge is 0.388 e. The molecule has 114 valence electrons. The zero-order chi connectivity index (χ0) is 15.3. The molecule has 0 amide bonds. The summed E-state index contributed by atoms with van der Waals surface area (Å²) in [7, 11) is 0. The third kappa shape index (κ3) is 3.93. The Balaban J connectivity index is 3.19. The van der Waals surface area contributed by atoms with Crippen LogP contribution < -0.4 is 4.90 Å². The fourth-order valence-corrected chi connectivity index (χ4v) is 3.19. The molecule has 2 atom stereocenters. The van der Waals surface area contributed by atoms with Crippen LogP contribution in [0.5, 0.6) is 0 Å². The first kappa shape index (κ1) is 16.9. The summed E-state index contributed by atoms with van der Waals surface area (Å²) in [5.41, 5.74) is 0.113.